The molecule has 5 nitrogen and oxygen atoms in total. The lowest BCUT2D eigenvalue weighted by Crippen LogP contribution is -2.33. The van der Waals surface area contributed by atoms with Crippen LogP contribution in [0.5, 0.6) is 0 Å². The zero-order chi connectivity index (χ0) is 18.7. The molecule has 150 valence electrons. The van der Waals surface area contributed by atoms with Crippen LogP contribution in [0.3, 0.4) is 0 Å². The van der Waals surface area contributed by atoms with Crippen molar-refractivity contribution >= 4 is 24.2 Å². The quantitative estimate of drug-likeness (QED) is 0.829. The molecular weight excluding hydrogens is 362 g/mol. The molecule has 2 amide bonds. The van der Waals surface area contributed by atoms with E-state index in [-0.39, 0.29) is 29.6 Å². The maximum Gasteiger partial charge on any atom is 0.253 e. The van der Waals surface area contributed by atoms with Gasteiger partial charge in [-0.3, -0.25) is 9.59 Å². The average molecular weight is 394 g/mol. The first-order chi connectivity index (χ1) is 12.3. The van der Waals surface area contributed by atoms with Crippen LogP contribution in [0, 0.1) is 17.3 Å². The van der Waals surface area contributed by atoms with E-state index in [0.29, 0.717) is 29.5 Å². The van der Waals surface area contributed by atoms with Gasteiger partial charge in [0.25, 0.3) is 11.8 Å². The summed E-state index contributed by atoms with van der Waals surface area (Å²) in [4.78, 5) is 27.0. The first kappa shape index (κ1) is 21.7. The molecule has 2 heterocycles. The number of amides is 2. The van der Waals surface area contributed by atoms with Crippen LogP contribution in [-0.4, -0.2) is 49.4 Å². The van der Waals surface area contributed by atoms with Gasteiger partial charge in [-0.15, -0.1) is 12.4 Å². The summed E-state index contributed by atoms with van der Waals surface area (Å²) in [6.45, 7) is 10.7. The summed E-state index contributed by atoms with van der Waals surface area (Å²) in [5.41, 5.74) is 1.32. The van der Waals surface area contributed by atoms with E-state index >= 15 is 0 Å². The minimum atomic E-state index is -0.0889. The molecule has 2 saturated heterocycles. The van der Waals surface area contributed by atoms with E-state index in [1.807, 2.05) is 4.90 Å². The summed E-state index contributed by atoms with van der Waals surface area (Å²) in [5, 5.41) is 6.40. The number of carbonyl (C=O) groups is 2. The van der Waals surface area contributed by atoms with Crippen molar-refractivity contribution in [1.29, 1.82) is 0 Å². The molecule has 3 rings (SSSR count). The maximum absolute atomic E-state index is 12.8. The zero-order valence-corrected chi connectivity index (χ0v) is 17.4. The second kappa shape index (κ2) is 9.07. The van der Waals surface area contributed by atoms with Crippen molar-refractivity contribution in [2.24, 2.45) is 17.3 Å². The van der Waals surface area contributed by atoms with Gasteiger partial charge in [-0.2, -0.15) is 0 Å². The van der Waals surface area contributed by atoms with E-state index in [0.717, 1.165) is 39.0 Å². The molecule has 0 aromatic heterocycles. The number of halogens is 1. The van der Waals surface area contributed by atoms with E-state index < -0.39 is 0 Å². The highest BCUT2D eigenvalue weighted by Gasteiger charge is 2.31. The van der Waals surface area contributed by atoms with Crippen LogP contribution in [-0.2, 0) is 0 Å². The Hall–Kier alpha value is -1.59. The molecule has 0 spiro atoms. The Bertz CT molecular complexity index is 640. The summed E-state index contributed by atoms with van der Waals surface area (Å²) in [6, 6.07) is 7.06. The Morgan fingerprint density at radius 1 is 1.04 bits per heavy atom. The average Bonchev–Trinajstić information content (AvgIpc) is 2.97. The third kappa shape index (κ3) is 5.69. The highest BCUT2D eigenvalue weighted by Crippen LogP contribution is 2.27. The Labute approximate surface area is 168 Å². The van der Waals surface area contributed by atoms with Crippen LogP contribution in [0.4, 0.5) is 0 Å². The Morgan fingerprint density at radius 2 is 1.56 bits per heavy atom. The van der Waals surface area contributed by atoms with Gasteiger partial charge in [0.15, 0.2) is 0 Å². The minimum Gasteiger partial charge on any atom is -0.352 e. The Morgan fingerprint density at radius 3 is 2.07 bits per heavy atom. The molecule has 1 aromatic carbocycles. The van der Waals surface area contributed by atoms with Gasteiger partial charge in [0, 0.05) is 30.8 Å². The lowest BCUT2D eigenvalue weighted by molar-refractivity contribution is 0.0758. The molecule has 0 saturated carbocycles. The molecule has 2 aliphatic rings. The fourth-order valence-corrected chi connectivity index (χ4v) is 3.82. The number of rotatable bonds is 3. The van der Waals surface area contributed by atoms with E-state index in [2.05, 4.69) is 31.4 Å². The molecule has 2 N–H and O–H groups in total. The highest BCUT2D eigenvalue weighted by molar-refractivity contribution is 5.97. The third-order valence-corrected chi connectivity index (χ3v) is 5.48. The van der Waals surface area contributed by atoms with Crippen molar-refractivity contribution in [2.45, 2.75) is 33.6 Å². The normalized spacial score (nSPS) is 22.4. The van der Waals surface area contributed by atoms with Crippen molar-refractivity contribution < 1.29 is 9.59 Å². The van der Waals surface area contributed by atoms with E-state index in [9.17, 15) is 9.59 Å². The van der Waals surface area contributed by atoms with Gasteiger partial charge < -0.3 is 15.5 Å². The number of benzene rings is 1. The molecular formula is C21H32ClN3O2. The molecule has 0 radical (unpaired) electrons. The highest BCUT2D eigenvalue weighted by atomic mass is 35.5. The molecule has 1 aromatic rings. The molecule has 0 bridgehead atoms. The summed E-state index contributed by atoms with van der Waals surface area (Å²) >= 11 is 0. The predicted molar refractivity (Wildman–Crippen MR) is 110 cm³/mol. The van der Waals surface area contributed by atoms with Crippen molar-refractivity contribution in [3.8, 4) is 0 Å². The van der Waals surface area contributed by atoms with Crippen LogP contribution in [0.15, 0.2) is 24.3 Å². The Balaban J connectivity index is 0.00000261. The van der Waals surface area contributed by atoms with Crippen molar-refractivity contribution in [3.05, 3.63) is 35.4 Å². The summed E-state index contributed by atoms with van der Waals surface area (Å²) in [5.74, 6) is 1.41. The monoisotopic (exact) mass is 393 g/mol. The van der Waals surface area contributed by atoms with Crippen LogP contribution < -0.4 is 10.6 Å². The van der Waals surface area contributed by atoms with Crippen molar-refractivity contribution in [3.63, 3.8) is 0 Å². The maximum atomic E-state index is 12.8. The van der Waals surface area contributed by atoms with Crippen LogP contribution in [0.1, 0.15) is 54.3 Å². The summed E-state index contributed by atoms with van der Waals surface area (Å²) in [7, 11) is 0. The molecule has 2 aliphatic heterocycles. The van der Waals surface area contributed by atoms with Crippen molar-refractivity contribution in [2.75, 3.05) is 32.7 Å². The number of carbonyl (C=O) groups excluding carboxylic acids is 2. The number of hydrogen-bond donors (Lipinski definition) is 2. The first-order valence-electron chi connectivity index (χ1n) is 9.72. The molecule has 0 unspecified atom stereocenters. The molecule has 27 heavy (non-hydrogen) atoms. The van der Waals surface area contributed by atoms with Gasteiger partial charge in [0.1, 0.15) is 0 Å². The lowest BCUT2D eigenvalue weighted by atomic mass is 9.92. The third-order valence-electron chi connectivity index (χ3n) is 5.48. The topological polar surface area (TPSA) is 61.4 Å². The number of hydrogen-bond acceptors (Lipinski definition) is 3. The van der Waals surface area contributed by atoms with Crippen LogP contribution in [0.25, 0.3) is 0 Å². The minimum absolute atomic E-state index is 0. The number of nitrogens with one attached hydrogen (secondary N) is 2. The molecule has 2 fully saturated rings. The largest absolute Gasteiger partial charge is 0.352 e. The SMILES string of the molecule is CC(C)(C)CNC(=O)c1ccc(C(=O)N2CC[C@@H]3CNC[C@@H]3CC2)cc1.Cl. The standard InChI is InChI=1S/C21H31N3O2.ClH/c1-21(2,3)14-23-19(25)15-4-6-16(7-5-15)20(26)24-10-8-17-12-22-13-18(17)9-11-24;/h4-7,17-18,22H,8-14H2,1-3H3,(H,23,25);1H/t17-,18+;. The van der Waals surface area contributed by atoms with Crippen LogP contribution >= 0.6 is 12.4 Å². The number of fused-ring (bicyclic) bond motifs is 1. The predicted octanol–water partition coefficient (Wildman–Crippen LogP) is 2.96. The fourth-order valence-electron chi connectivity index (χ4n) is 3.82. The molecule has 2 atom stereocenters. The van der Waals surface area contributed by atoms with Crippen molar-refractivity contribution in [1.82, 2.24) is 15.5 Å². The smallest absolute Gasteiger partial charge is 0.253 e. The van der Waals surface area contributed by atoms with E-state index in [4.69, 9.17) is 0 Å². The van der Waals surface area contributed by atoms with E-state index in [1.54, 1.807) is 24.3 Å². The molecule has 6 heteroatoms. The second-order valence-corrected chi connectivity index (χ2v) is 8.87. The van der Waals surface area contributed by atoms with Gasteiger partial charge >= 0.3 is 0 Å². The number of nitrogens with zero attached hydrogens (tertiary/aromatic N) is 1. The number of likely N-dealkylation sites (tertiary alicyclic amines) is 1. The molecule has 0 aliphatic carbocycles. The zero-order valence-electron chi connectivity index (χ0n) is 16.6. The van der Waals surface area contributed by atoms with Gasteiger partial charge in [-0.05, 0) is 67.4 Å². The van der Waals surface area contributed by atoms with Gasteiger partial charge in [-0.1, -0.05) is 20.8 Å². The summed E-state index contributed by atoms with van der Waals surface area (Å²) < 4.78 is 0. The fraction of sp³-hybridized carbons (Fsp3) is 0.619. The summed E-state index contributed by atoms with van der Waals surface area (Å²) in [6.07, 6.45) is 2.16. The lowest BCUT2D eigenvalue weighted by Gasteiger charge is -2.21. The second-order valence-electron chi connectivity index (χ2n) is 8.87. The van der Waals surface area contributed by atoms with Crippen LogP contribution in [0.2, 0.25) is 0 Å². The first-order valence-corrected chi connectivity index (χ1v) is 9.72. The Kier molecular flexibility index (Phi) is 7.29. The van der Waals surface area contributed by atoms with Gasteiger partial charge in [-0.25, -0.2) is 0 Å². The van der Waals surface area contributed by atoms with Gasteiger partial charge in [0.2, 0.25) is 0 Å². The van der Waals surface area contributed by atoms with Gasteiger partial charge in [0.05, 0.1) is 0 Å². The van der Waals surface area contributed by atoms with E-state index in [1.165, 1.54) is 0 Å².